The predicted octanol–water partition coefficient (Wildman–Crippen LogP) is 2.46. The third-order valence-electron chi connectivity index (χ3n) is 9.95. The molecule has 48 heavy (non-hydrogen) atoms. The van der Waals surface area contributed by atoms with Gasteiger partial charge >= 0.3 is 6.09 Å². The zero-order valence-corrected chi connectivity index (χ0v) is 27.5. The summed E-state index contributed by atoms with van der Waals surface area (Å²) in [5.74, 6) is -3.41. The maximum Gasteiger partial charge on any atom is 0.410 e. The maximum absolute atomic E-state index is 14.0. The minimum atomic E-state index is -2.70. The zero-order valence-electron chi connectivity index (χ0n) is 27.5. The summed E-state index contributed by atoms with van der Waals surface area (Å²) in [6.45, 7) is 2.66. The summed E-state index contributed by atoms with van der Waals surface area (Å²) in [6.07, 6.45) is 1.49. The summed E-state index contributed by atoms with van der Waals surface area (Å²) in [5.41, 5.74) is 0.888. The molecule has 3 aliphatic heterocycles. The first-order chi connectivity index (χ1) is 23.2. The van der Waals surface area contributed by atoms with E-state index in [1.807, 2.05) is 35.2 Å². The average Bonchev–Trinajstić information content (AvgIpc) is 3.49. The van der Waals surface area contributed by atoms with Gasteiger partial charge in [0, 0.05) is 64.1 Å². The van der Waals surface area contributed by atoms with E-state index in [4.69, 9.17) is 14.2 Å². The van der Waals surface area contributed by atoms with Crippen LogP contribution in [0.3, 0.4) is 0 Å². The fourth-order valence-corrected chi connectivity index (χ4v) is 7.36. The maximum atomic E-state index is 14.0. The van der Waals surface area contributed by atoms with Gasteiger partial charge in [-0.15, -0.1) is 0 Å². The van der Waals surface area contributed by atoms with Gasteiger partial charge in [0.05, 0.1) is 25.9 Å². The molecule has 1 aliphatic carbocycles. The van der Waals surface area contributed by atoms with Gasteiger partial charge in [-0.1, -0.05) is 30.3 Å². The van der Waals surface area contributed by atoms with Crippen LogP contribution in [0.1, 0.15) is 56.9 Å². The second-order valence-electron chi connectivity index (χ2n) is 13.4. The van der Waals surface area contributed by atoms with Crippen molar-refractivity contribution in [1.29, 1.82) is 0 Å². The largest absolute Gasteiger partial charge is 0.445 e. The molecule has 4 fully saturated rings. The third-order valence-corrected chi connectivity index (χ3v) is 9.95. The number of hydrogen-bond donors (Lipinski definition) is 3. The van der Waals surface area contributed by atoms with Gasteiger partial charge in [-0.25, -0.2) is 13.6 Å². The van der Waals surface area contributed by atoms with Gasteiger partial charge in [-0.2, -0.15) is 0 Å². The van der Waals surface area contributed by atoms with E-state index < -0.39 is 18.1 Å². The molecule has 266 valence electrons. The Bertz CT molecular complexity index is 1230. The number of halogens is 2. The van der Waals surface area contributed by atoms with Crippen LogP contribution in [0.4, 0.5) is 13.6 Å². The van der Waals surface area contributed by atoms with Crippen LogP contribution in [0.25, 0.3) is 0 Å². The summed E-state index contributed by atoms with van der Waals surface area (Å²) in [6, 6.07) is 8.37. The number of hydrogen-bond acceptors (Lipinski definition) is 8. The number of nitrogens with zero attached hydrogens (tertiary/aromatic N) is 2. The van der Waals surface area contributed by atoms with Crippen LogP contribution in [0, 0.1) is 11.8 Å². The lowest BCUT2D eigenvalue weighted by atomic mass is 9.81. The first kappa shape index (κ1) is 35.9. The fourth-order valence-electron chi connectivity index (χ4n) is 7.36. The molecule has 2 bridgehead atoms. The van der Waals surface area contributed by atoms with Crippen LogP contribution < -0.4 is 16.0 Å². The van der Waals surface area contributed by atoms with E-state index in [1.165, 1.54) is 0 Å². The highest BCUT2D eigenvalue weighted by Crippen LogP contribution is 2.37. The monoisotopic (exact) mass is 677 g/mol. The van der Waals surface area contributed by atoms with Gasteiger partial charge in [-0.05, 0) is 49.5 Å². The van der Waals surface area contributed by atoms with E-state index in [0.717, 1.165) is 5.56 Å². The van der Waals surface area contributed by atoms with Gasteiger partial charge < -0.3 is 35.1 Å². The molecule has 12 nitrogen and oxygen atoms in total. The Balaban J connectivity index is 1.24. The van der Waals surface area contributed by atoms with Crippen LogP contribution in [0.5, 0.6) is 0 Å². The number of carbonyl (C=O) groups is 4. The van der Waals surface area contributed by atoms with Gasteiger partial charge in [0.25, 0.3) is 0 Å². The first-order valence-corrected chi connectivity index (χ1v) is 17.3. The summed E-state index contributed by atoms with van der Waals surface area (Å²) in [4.78, 5) is 55.8. The smallest absolute Gasteiger partial charge is 0.410 e. The van der Waals surface area contributed by atoms with Crippen molar-refractivity contribution in [3.05, 3.63) is 35.9 Å². The lowest BCUT2D eigenvalue weighted by Crippen LogP contribution is -2.50. The number of benzene rings is 1. The number of amides is 4. The van der Waals surface area contributed by atoms with Gasteiger partial charge in [0.1, 0.15) is 13.2 Å². The molecule has 0 spiro atoms. The standard InChI is InChI=1S/C34H49F2N5O7/c35-34(36)10-6-28(7-11-34)41-21-27-19-29(41)32(44)38-12-8-26-20-40(33(45)48-22-24-4-2-1-3-5-24)14-9-25(26)18-30(42)37-13-15-46-16-17-47-23-31(43)39-27/h1-5,25-29H,6-23H2,(H,37,42)(H,38,44)(H,39,43)/t25-,26-,27+,29+/m0/s1. The Morgan fingerprint density at radius 1 is 0.896 bits per heavy atom. The van der Waals surface area contributed by atoms with Crippen molar-refractivity contribution in [2.45, 2.75) is 82.0 Å². The average molecular weight is 678 g/mol. The van der Waals surface area contributed by atoms with Crippen molar-refractivity contribution >= 4 is 23.8 Å². The number of nitrogens with one attached hydrogen (secondary N) is 3. The van der Waals surface area contributed by atoms with Crippen molar-refractivity contribution in [2.24, 2.45) is 11.8 Å². The number of fused-ring (bicyclic) bond motifs is 3. The second-order valence-corrected chi connectivity index (χ2v) is 13.4. The Labute approximate surface area is 280 Å². The van der Waals surface area contributed by atoms with Crippen molar-refractivity contribution in [3.8, 4) is 0 Å². The molecule has 0 unspecified atom stereocenters. The number of ether oxygens (including phenoxy) is 3. The Morgan fingerprint density at radius 3 is 2.46 bits per heavy atom. The molecule has 4 atom stereocenters. The quantitative estimate of drug-likeness (QED) is 0.444. The van der Waals surface area contributed by atoms with Crippen molar-refractivity contribution in [2.75, 3.05) is 59.2 Å². The molecule has 4 amide bonds. The van der Waals surface area contributed by atoms with Crippen LogP contribution in [-0.2, 0) is 35.2 Å². The summed E-state index contributed by atoms with van der Waals surface area (Å²) in [7, 11) is 0. The lowest BCUT2D eigenvalue weighted by molar-refractivity contribution is -0.128. The van der Waals surface area contributed by atoms with E-state index in [9.17, 15) is 28.0 Å². The highest BCUT2D eigenvalue weighted by Gasteiger charge is 2.45. The van der Waals surface area contributed by atoms with Crippen LogP contribution in [-0.4, -0.2) is 117 Å². The van der Waals surface area contributed by atoms with Gasteiger partial charge in [-0.3, -0.25) is 19.3 Å². The molecule has 1 aromatic rings. The van der Waals surface area contributed by atoms with Crippen LogP contribution in [0.15, 0.2) is 30.3 Å². The second kappa shape index (κ2) is 17.3. The number of likely N-dealkylation sites (tertiary alicyclic amines) is 2. The van der Waals surface area contributed by atoms with E-state index in [1.54, 1.807) is 4.90 Å². The lowest BCUT2D eigenvalue weighted by Gasteiger charge is -2.38. The minimum absolute atomic E-state index is 0.00465. The zero-order chi connectivity index (χ0) is 33.9. The van der Waals surface area contributed by atoms with Crippen LogP contribution in [0.2, 0.25) is 0 Å². The van der Waals surface area contributed by atoms with E-state index >= 15 is 0 Å². The molecule has 1 aromatic carbocycles. The predicted molar refractivity (Wildman–Crippen MR) is 171 cm³/mol. The molecular formula is C34H49F2N5O7. The normalized spacial score (nSPS) is 29.0. The number of piperidine rings is 1. The molecule has 4 aliphatic rings. The molecule has 3 saturated heterocycles. The van der Waals surface area contributed by atoms with Crippen molar-refractivity contribution < 1.29 is 42.2 Å². The minimum Gasteiger partial charge on any atom is -0.445 e. The van der Waals surface area contributed by atoms with E-state index in [0.29, 0.717) is 58.6 Å². The highest BCUT2D eigenvalue weighted by atomic mass is 19.3. The summed E-state index contributed by atoms with van der Waals surface area (Å²) >= 11 is 0. The van der Waals surface area contributed by atoms with Crippen molar-refractivity contribution in [1.82, 2.24) is 25.8 Å². The summed E-state index contributed by atoms with van der Waals surface area (Å²) in [5, 5.41) is 8.90. The SMILES string of the molecule is O=C1C[C@@H]2CCN(C(=O)OCc3ccccc3)C[C@@H]2CCNC(=O)[C@H]2C[C@H](CN2C2CCC(F)(F)CC2)NC(=O)COCCOCCN1. The molecular weight excluding hydrogens is 628 g/mol. The Morgan fingerprint density at radius 2 is 1.67 bits per heavy atom. The molecule has 1 saturated carbocycles. The van der Waals surface area contributed by atoms with Crippen molar-refractivity contribution in [3.63, 3.8) is 0 Å². The molecule has 14 heteroatoms. The van der Waals surface area contributed by atoms with E-state index in [-0.39, 0.29) is 100 Å². The van der Waals surface area contributed by atoms with Gasteiger partial charge in [0.15, 0.2) is 0 Å². The number of rotatable bonds is 3. The molecule has 0 aromatic heterocycles. The molecule has 3 heterocycles. The third kappa shape index (κ3) is 10.6. The molecule has 5 rings (SSSR count). The van der Waals surface area contributed by atoms with E-state index in [2.05, 4.69) is 16.0 Å². The first-order valence-electron chi connectivity index (χ1n) is 17.3. The van der Waals surface area contributed by atoms with Gasteiger partial charge in [0.2, 0.25) is 23.6 Å². The molecule has 3 N–H and O–H groups in total. The Hall–Kier alpha value is -3.36. The number of carbonyl (C=O) groups excluding carboxylic acids is 4. The fraction of sp³-hybridized carbons (Fsp3) is 0.706. The van der Waals surface area contributed by atoms with Crippen LogP contribution >= 0.6 is 0 Å². The highest BCUT2D eigenvalue weighted by molar-refractivity contribution is 5.83. The Kier molecular flexibility index (Phi) is 13.0. The molecule has 0 radical (unpaired) electrons. The topological polar surface area (TPSA) is 139 Å². The summed E-state index contributed by atoms with van der Waals surface area (Å²) < 4.78 is 44.5. The number of alkyl halides is 2.